The summed E-state index contributed by atoms with van der Waals surface area (Å²) in [5, 5.41) is -0.149. The van der Waals surface area contributed by atoms with E-state index in [0.29, 0.717) is 0 Å². The van der Waals surface area contributed by atoms with Crippen molar-refractivity contribution in [3.8, 4) is 0 Å². The molecule has 0 N–H and O–H groups in total. The number of halogens is 1. The molecule has 3 nitrogen and oxygen atoms in total. The number of fused-ring (bicyclic) bond motifs is 1. The quantitative estimate of drug-likeness (QED) is 0.659. The summed E-state index contributed by atoms with van der Waals surface area (Å²) >= 11 is 6.35. The number of imidazole rings is 1. The maximum atomic E-state index is 6.35. The third-order valence-corrected chi connectivity index (χ3v) is 4.10. The zero-order chi connectivity index (χ0) is 15.0. The summed E-state index contributed by atoms with van der Waals surface area (Å²) in [6.45, 7) is 6.28. The van der Waals surface area contributed by atoms with Gasteiger partial charge in [-0.1, -0.05) is 24.3 Å². The molecule has 3 rings (SSSR count). The lowest BCUT2D eigenvalue weighted by Gasteiger charge is -2.20. The molecule has 108 valence electrons. The summed E-state index contributed by atoms with van der Waals surface area (Å²) in [4.78, 5) is 8.81. The molecule has 1 aromatic carbocycles. The van der Waals surface area contributed by atoms with Crippen LogP contribution in [0.2, 0.25) is 0 Å². The Morgan fingerprint density at radius 2 is 1.90 bits per heavy atom. The first-order chi connectivity index (χ1) is 10.1. The van der Waals surface area contributed by atoms with Gasteiger partial charge in [0.2, 0.25) is 0 Å². The number of alkyl halides is 1. The molecule has 3 aromatic rings. The minimum absolute atomic E-state index is 0.149. The van der Waals surface area contributed by atoms with E-state index < -0.39 is 0 Å². The number of nitrogens with zero attached hydrogens (tertiary/aromatic N) is 3. The van der Waals surface area contributed by atoms with E-state index in [1.165, 1.54) is 11.1 Å². The molecule has 0 saturated heterocycles. The summed E-state index contributed by atoms with van der Waals surface area (Å²) < 4.78 is 2.22. The molecule has 0 amide bonds. The first-order valence-electron chi connectivity index (χ1n) is 7.11. The Bertz CT molecular complexity index is 777. The highest BCUT2D eigenvalue weighted by Gasteiger charge is 2.20. The maximum absolute atomic E-state index is 6.35. The summed E-state index contributed by atoms with van der Waals surface area (Å²) in [7, 11) is 0. The normalized spacial score (nSPS) is 14.3. The van der Waals surface area contributed by atoms with Gasteiger partial charge >= 0.3 is 0 Å². The van der Waals surface area contributed by atoms with Crippen LogP contribution in [0, 0.1) is 6.92 Å². The fraction of sp³-hybridized carbons (Fsp3) is 0.294. The number of aryl methyl sites for hydroxylation is 1. The van der Waals surface area contributed by atoms with Crippen LogP contribution in [0.1, 0.15) is 42.2 Å². The van der Waals surface area contributed by atoms with Crippen molar-refractivity contribution in [3.05, 3.63) is 59.7 Å². The predicted octanol–water partition coefficient (Wildman–Crippen LogP) is 4.65. The molecule has 0 fully saturated rings. The van der Waals surface area contributed by atoms with Crippen molar-refractivity contribution < 1.29 is 0 Å². The van der Waals surface area contributed by atoms with Crippen molar-refractivity contribution in [2.75, 3.05) is 0 Å². The van der Waals surface area contributed by atoms with Gasteiger partial charge in [0.1, 0.15) is 11.3 Å². The summed E-state index contributed by atoms with van der Waals surface area (Å²) in [6.07, 6.45) is 3.59. The number of rotatable bonds is 3. The van der Waals surface area contributed by atoms with Gasteiger partial charge in [-0.15, -0.1) is 11.6 Å². The zero-order valence-corrected chi connectivity index (χ0v) is 13.2. The molecule has 0 bridgehead atoms. The van der Waals surface area contributed by atoms with Crippen LogP contribution in [0.3, 0.4) is 0 Å². The fourth-order valence-electron chi connectivity index (χ4n) is 2.85. The Labute approximate surface area is 129 Å². The van der Waals surface area contributed by atoms with Crippen LogP contribution in [-0.2, 0) is 0 Å². The summed E-state index contributed by atoms with van der Waals surface area (Å²) in [5.41, 5.74) is 4.52. The first kappa shape index (κ1) is 14.1. The van der Waals surface area contributed by atoms with Gasteiger partial charge in [0.15, 0.2) is 0 Å². The van der Waals surface area contributed by atoms with E-state index in [1.54, 1.807) is 12.4 Å². The van der Waals surface area contributed by atoms with Gasteiger partial charge in [-0.2, -0.15) is 0 Å². The minimum atomic E-state index is -0.149. The monoisotopic (exact) mass is 299 g/mol. The van der Waals surface area contributed by atoms with Gasteiger partial charge in [0, 0.05) is 6.20 Å². The Morgan fingerprint density at radius 1 is 1.14 bits per heavy atom. The standard InChI is InChI=1S/C17H18ClN3/c1-11-6-4-5-7-14(11)13(3)21-16-8-9-19-10-15(16)20-17(21)12(2)18/h4-10,12-13H,1-3H3. The van der Waals surface area contributed by atoms with Crippen LogP contribution in [0.25, 0.3) is 11.0 Å². The Balaban J connectivity index is 2.23. The largest absolute Gasteiger partial charge is 0.319 e. The first-order valence-corrected chi connectivity index (χ1v) is 7.54. The lowest BCUT2D eigenvalue weighted by atomic mass is 10.0. The summed E-state index contributed by atoms with van der Waals surface area (Å²) in [6, 6.07) is 10.6. The highest BCUT2D eigenvalue weighted by atomic mass is 35.5. The molecule has 0 aliphatic rings. The second-order valence-electron chi connectivity index (χ2n) is 5.35. The fourth-order valence-corrected chi connectivity index (χ4v) is 3.01. The van der Waals surface area contributed by atoms with Crippen LogP contribution in [0.4, 0.5) is 0 Å². The molecular formula is C17H18ClN3. The number of hydrogen-bond donors (Lipinski definition) is 0. The van der Waals surface area contributed by atoms with Crippen molar-refractivity contribution in [1.82, 2.24) is 14.5 Å². The molecule has 21 heavy (non-hydrogen) atoms. The molecule has 2 heterocycles. The highest BCUT2D eigenvalue weighted by Crippen LogP contribution is 2.31. The van der Waals surface area contributed by atoms with Crippen LogP contribution in [0.5, 0.6) is 0 Å². The van der Waals surface area contributed by atoms with Crippen LogP contribution in [-0.4, -0.2) is 14.5 Å². The smallest absolute Gasteiger partial charge is 0.128 e. The van der Waals surface area contributed by atoms with E-state index >= 15 is 0 Å². The molecular weight excluding hydrogens is 282 g/mol. The topological polar surface area (TPSA) is 30.7 Å². The number of hydrogen-bond acceptors (Lipinski definition) is 2. The summed E-state index contributed by atoms with van der Waals surface area (Å²) in [5.74, 6) is 0.885. The molecule has 2 unspecified atom stereocenters. The Kier molecular flexibility index (Phi) is 3.68. The SMILES string of the molecule is Cc1ccccc1C(C)n1c(C(C)Cl)nc2cnccc21. The van der Waals surface area contributed by atoms with Gasteiger partial charge < -0.3 is 4.57 Å². The molecule has 0 spiro atoms. The van der Waals surface area contributed by atoms with Gasteiger partial charge in [-0.05, 0) is 38.0 Å². The van der Waals surface area contributed by atoms with Crippen molar-refractivity contribution in [1.29, 1.82) is 0 Å². The van der Waals surface area contributed by atoms with Gasteiger partial charge in [-0.25, -0.2) is 4.98 Å². The molecule has 2 atom stereocenters. The second-order valence-corrected chi connectivity index (χ2v) is 6.01. The van der Waals surface area contributed by atoms with Gasteiger partial charge in [0.05, 0.1) is 23.1 Å². The number of benzene rings is 1. The van der Waals surface area contributed by atoms with Crippen molar-refractivity contribution in [2.45, 2.75) is 32.2 Å². The second kappa shape index (κ2) is 5.49. The molecule has 0 aliphatic carbocycles. The Hall–Kier alpha value is -1.87. The third kappa shape index (κ3) is 2.42. The molecule has 4 heteroatoms. The van der Waals surface area contributed by atoms with E-state index in [9.17, 15) is 0 Å². The number of aromatic nitrogens is 3. The van der Waals surface area contributed by atoms with Crippen LogP contribution < -0.4 is 0 Å². The maximum Gasteiger partial charge on any atom is 0.128 e. The van der Waals surface area contributed by atoms with Crippen molar-refractivity contribution in [2.24, 2.45) is 0 Å². The van der Waals surface area contributed by atoms with Crippen molar-refractivity contribution in [3.63, 3.8) is 0 Å². The van der Waals surface area contributed by atoms with Crippen LogP contribution >= 0.6 is 11.6 Å². The minimum Gasteiger partial charge on any atom is -0.319 e. The predicted molar refractivity (Wildman–Crippen MR) is 86.8 cm³/mol. The van der Waals surface area contributed by atoms with Crippen LogP contribution in [0.15, 0.2) is 42.7 Å². The zero-order valence-electron chi connectivity index (χ0n) is 12.4. The Morgan fingerprint density at radius 3 is 2.62 bits per heavy atom. The lowest BCUT2D eigenvalue weighted by molar-refractivity contribution is 0.615. The van der Waals surface area contributed by atoms with E-state index in [2.05, 4.69) is 52.6 Å². The number of pyridine rings is 1. The van der Waals surface area contributed by atoms with Crippen molar-refractivity contribution >= 4 is 22.6 Å². The van der Waals surface area contributed by atoms with E-state index in [1.807, 2.05) is 13.0 Å². The lowest BCUT2D eigenvalue weighted by Crippen LogP contribution is -2.12. The molecule has 0 aliphatic heterocycles. The van der Waals surface area contributed by atoms with E-state index in [4.69, 9.17) is 11.6 Å². The average Bonchev–Trinajstić information content (AvgIpc) is 2.86. The average molecular weight is 300 g/mol. The van der Waals surface area contributed by atoms with E-state index in [0.717, 1.165) is 16.9 Å². The molecule has 0 radical (unpaired) electrons. The highest BCUT2D eigenvalue weighted by molar-refractivity contribution is 6.20. The van der Waals surface area contributed by atoms with Gasteiger partial charge in [-0.3, -0.25) is 4.98 Å². The molecule has 2 aromatic heterocycles. The van der Waals surface area contributed by atoms with Gasteiger partial charge in [0.25, 0.3) is 0 Å². The van der Waals surface area contributed by atoms with E-state index in [-0.39, 0.29) is 11.4 Å². The molecule has 0 saturated carbocycles. The third-order valence-electron chi connectivity index (χ3n) is 3.90.